The minimum Gasteiger partial charge on any atom is -0.347 e. The molecule has 1 amide bonds. The Morgan fingerprint density at radius 3 is 2.64 bits per heavy atom. The summed E-state index contributed by atoms with van der Waals surface area (Å²) in [5, 5.41) is 4.76. The third-order valence-corrected chi connectivity index (χ3v) is 8.66. The Hall–Kier alpha value is -2.72. The largest absolute Gasteiger partial charge is 0.347 e. The van der Waals surface area contributed by atoms with Crippen molar-refractivity contribution in [3.8, 4) is 0 Å². The van der Waals surface area contributed by atoms with Crippen molar-refractivity contribution in [2.24, 2.45) is 11.8 Å². The Labute approximate surface area is 196 Å². The molecular formula is C29H33N3O. The number of para-hydroxylation sites is 1. The highest BCUT2D eigenvalue weighted by molar-refractivity contribution is 5.92. The topological polar surface area (TPSA) is 45.2 Å². The molecule has 0 spiro atoms. The molecule has 4 fully saturated rings. The van der Waals surface area contributed by atoms with Crippen LogP contribution in [-0.4, -0.2) is 34.9 Å². The predicted octanol–water partition coefficient (Wildman–Crippen LogP) is 5.24. The standard InChI is InChI=1S/C29H33N3O/c1-2-20-19-32-17-13-21(20)18-26(32)27(24-12-16-30-25-11-7-6-10-23(24)25)31-28(33)29(14-15-29)22-8-4-3-5-9-22/h3-12,16,20-21,26-27H,2,13-15,17-19H2,1H3,(H,31,33)/t20-,21+,26+,27+/m0/s1. The smallest absolute Gasteiger partial charge is 0.231 e. The number of rotatable bonds is 6. The molecule has 4 heterocycles. The van der Waals surface area contributed by atoms with E-state index in [-0.39, 0.29) is 17.4 Å². The first kappa shape index (κ1) is 20.9. The minimum atomic E-state index is -0.364. The second-order valence-electron chi connectivity index (χ2n) is 10.3. The van der Waals surface area contributed by atoms with Gasteiger partial charge in [-0.25, -0.2) is 0 Å². The monoisotopic (exact) mass is 439 g/mol. The van der Waals surface area contributed by atoms with Crippen LogP contribution in [0.5, 0.6) is 0 Å². The molecule has 1 aromatic heterocycles. The van der Waals surface area contributed by atoms with E-state index < -0.39 is 0 Å². The van der Waals surface area contributed by atoms with Crippen LogP contribution in [0.1, 0.15) is 56.2 Å². The fraction of sp³-hybridized carbons (Fsp3) is 0.448. The van der Waals surface area contributed by atoms with Gasteiger partial charge >= 0.3 is 0 Å². The number of benzene rings is 2. The molecule has 2 bridgehead atoms. The van der Waals surface area contributed by atoms with Crippen molar-refractivity contribution in [2.75, 3.05) is 13.1 Å². The van der Waals surface area contributed by atoms with Crippen molar-refractivity contribution >= 4 is 16.8 Å². The summed E-state index contributed by atoms with van der Waals surface area (Å²) in [6.45, 7) is 4.63. The van der Waals surface area contributed by atoms with E-state index >= 15 is 0 Å². The molecule has 4 heteroatoms. The van der Waals surface area contributed by atoms with Crippen LogP contribution >= 0.6 is 0 Å². The van der Waals surface area contributed by atoms with Crippen LogP contribution in [0.3, 0.4) is 0 Å². The molecule has 1 aliphatic carbocycles. The maximum atomic E-state index is 13.9. The van der Waals surface area contributed by atoms with Gasteiger partial charge in [-0.05, 0) is 67.3 Å². The highest BCUT2D eigenvalue weighted by Gasteiger charge is 2.53. The summed E-state index contributed by atoms with van der Waals surface area (Å²) in [7, 11) is 0. The Balaban J connectivity index is 1.38. The van der Waals surface area contributed by atoms with Crippen molar-refractivity contribution in [3.05, 3.63) is 78.0 Å². The average Bonchev–Trinajstić information content (AvgIpc) is 3.70. The van der Waals surface area contributed by atoms with E-state index in [1.165, 1.54) is 24.8 Å². The van der Waals surface area contributed by atoms with E-state index in [2.05, 4.69) is 58.5 Å². The quantitative estimate of drug-likeness (QED) is 0.571. The van der Waals surface area contributed by atoms with Crippen LogP contribution < -0.4 is 5.32 Å². The molecule has 3 aliphatic heterocycles. The van der Waals surface area contributed by atoms with Gasteiger partial charge in [0.2, 0.25) is 5.91 Å². The van der Waals surface area contributed by atoms with Gasteiger partial charge in [0.1, 0.15) is 0 Å². The van der Waals surface area contributed by atoms with Crippen LogP contribution in [0.25, 0.3) is 10.9 Å². The average molecular weight is 440 g/mol. The lowest BCUT2D eigenvalue weighted by atomic mass is 9.72. The van der Waals surface area contributed by atoms with E-state index in [1.807, 2.05) is 30.5 Å². The molecular weight excluding hydrogens is 406 g/mol. The second kappa shape index (κ2) is 8.25. The van der Waals surface area contributed by atoms with E-state index in [1.54, 1.807) is 0 Å². The lowest BCUT2D eigenvalue weighted by Gasteiger charge is -2.52. The number of carbonyl (C=O) groups is 1. The molecule has 2 aromatic carbocycles. The third kappa shape index (κ3) is 3.56. The van der Waals surface area contributed by atoms with Gasteiger partial charge in [0.25, 0.3) is 0 Å². The van der Waals surface area contributed by atoms with Crippen LogP contribution in [0, 0.1) is 11.8 Å². The number of amides is 1. The number of hydrogen-bond acceptors (Lipinski definition) is 3. The molecule has 5 atom stereocenters. The van der Waals surface area contributed by atoms with Gasteiger partial charge < -0.3 is 5.32 Å². The fourth-order valence-electron chi connectivity index (χ4n) is 6.57. The molecule has 170 valence electrons. The Bertz CT molecular complexity index is 1150. The van der Waals surface area contributed by atoms with Gasteiger partial charge in [-0.2, -0.15) is 0 Å². The molecule has 1 unspecified atom stereocenters. The first-order valence-electron chi connectivity index (χ1n) is 12.6. The zero-order valence-electron chi connectivity index (χ0n) is 19.4. The Morgan fingerprint density at radius 1 is 1.12 bits per heavy atom. The first-order valence-corrected chi connectivity index (χ1v) is 12.6. The third-order valence-electron chi connectivity index (χ3n) is 8.66. The summed E-state index contributed by atoms with van der Waals surface area (Å²) in [6, 6.07) is 21.2. The molecule has 3 aromatic rings. The molecule has 4 aliphatic rings. The summed E-state index contributed by atoms with van der Waals surface area (Å²) in [5.41, 5.74) is 3.00. The SMILES string of the molecule is CC[C@H]1CN2CC[C@@H]1C[C@@H]2[C@H](NC(=O)C1(c2ccccc2)CC1)c1ccnc2ccccc12. The lowest BCUT2D eigenvalue weighted by Crippen LogP contribution is -2.58. The zero-order valence-corrected chi connectivity index (χ0v) is 19.4. The molecule has 3 saturated heterocycles. The minimum absolute atomic E-state index is 0.0211. The van der Waals surface area contributed by atoms with Crippen molar-refractivity contribution in [2.45, 2.75) is 56.5 Å². The highest BCUT2D eigenvalue weighted by Crippen LogP contribution is 2.49. The van der Waals surface area contributed by atoms with E-state index in [0.29, 0.717) is 6.04 Å². The number of hydrogen-bond donors (Lipinski definition) is 1. The summed E-state index contributed by atoms with van der Waals surface area (Å²) >= 11 is 0. The number of nitrogens with zero attached hydrogens (tertiary/aromatic N) is 2. The van der Waals surface area contributed by atoms with Gasteiger partial charge in [-0.1, -0.05) is 61.9 Å². The summed E-state index contributed by atoms with van der Waals surface area (Å²) < 4.78 is 0. The summed E-state index contributed by atoms with van der Waals surface area (Å²) in [6.07, 6.45) is 7.48. The van der Waals surface area contributed by atoms with Crippen molar-refractivity contribution < 1.29 is 4.79 Å². The van der Waals surface area contributed by atoms with Crippen LogP contribution in [0.2, 0.25) is 0 Å². The van der Waals surface area contributed by atoms with Gasteiger partial charge in [0.05, 0.1) is 17.0 Å². The number of pyridine rings is 1. The van der Waals surface area contributed by atoms with Crippen molar-refractivity contribution in [1.82, 2.24) is 15.2 Å². The maximum Gasteiger partial charge on any atom is 0.231 e. The predicted molar refractivity (Wildman–Crippen MR) is 132 cm³/mol. The van der Waals surface area contributed by atoms with Crippen LogP contribution in [-0.2, 0) is 10.2 Å². The Kier molecular flexibility index (Phi) is 5.21. The molecule has 33 heavy (non-hydrogen) atoms. The number of carbonyl (C=O) groups excluding carboxylic acids is 1. The number of fused-ring (bicyclic) bond motifs is 4. The number of piperidine rings is 3. The van der Waals surface area contributed by atoms with Crippen LogP contribution in [0.15, 0.2) is 66.9 Å². The van der Waals surface area contributed by atoms with E-state index in [0.717, 1.165) is 54.2 Å². The number of aromatic nitrogens is 1. The Morgan fingerprint density at radius 2 is 1.91 bits per heavy atom. The molecule has 4 nitrogen and oxygen atoms in total. The summed E-state index contributed by atoms with van der Waals surface area (Å²) in [4.78, 5) is 21.1. The van der Waals surface area contributed by atoms with Gasteiger partial charge in [-0.15, -0.1) is 0 Å². The summed E-state index contributed by atoms with van der Waals surface area (Å²) in [5.74, 6) is 1.75. The normalized spacial score (nSPS) is 28.4. The van der Waals surface area contributed by atoms with Crippen molar-refractivity contribution in [3.63, 3.8) is 0 Å². The molecule has 7 rings (SSSR count). The van der Waals surface area contributed by atoms with E-state index in [9.17, 15) is 4.79 Å². The van der Waals surface area contributed by atoms with Gasteiger partial charge in [-0.3, -0.25) is 14.7 Å². The van der Waals surface area contributed by atoms with Crippen LogP contribution in [0.4, 0.5) is 0 Å². The molecule has 0 radical (unpaired) electrons. The number of nitrogens with one attached hydrogen (secondary N) is 1. The van der Waals surface area contributed by atoms with Crippen molar-refractivity contribution in [1.29, 1.82) is 0 Å². The molecule has 1 saturated carbocycles. The maximum absolute atomic E-state index is 13.9. The first-order chi connectivity index (χ1) is 16.2. The second-order valence-corrected chi connectivity index (χ2v) is 10.3. The fourth-order valence-corrected chi connectivity index (χ4v) is 6.57. The van der Waals surface area contributed by atoms with Gasteiger partial charge in [0, 0.05) is 24.2 Å². The lowest BCUT2D eigenvalue weighted by molar-refractivity contribution is -0.125. The zero-order chi connectivity index (χ0) is 22.4. The van der Waals surface area contributed by atoms with Gasteiger partial charge in [0.15, 0.2) is 0 Å². The molecule has 1 N–H and O–H groups in total. The highest BCUT2D eigenvalue weighted by atomic mass is 16.2. The van der Waals surface area contributed by atoms with E-state index in [4.69, 9.17) is 0 Å².